The molecule has 0 spiro atoms. The minimum atomic E-state index is 0.290. The predicted octanol–water partition coefficient (Wildman–Crippen LogP) is 0.681. The highest BCUT2D eigenvalue weighted by Gasteiger charge is 2.28. The van der Waals surface area contributed by atoms with Crippen molar-refractivity contribution in [3.05, 3.63) is 0 Å². The average Bonchev–Trinajstić information content (AvgIpc) is 2.52. The van der Waals surface area contributed by atoms with Crippen molar-refractivity contribution in [2.24, 2.45) is 0 Å². The SMILES string of the molecule is CNC1CCC(N2CCCN(C)C(=O)C2)CC1. The lowest BCUT2D eigenvalue weighted by atomic mass is 9.90. The second-order valence-electron chi connectivity index (χ2n) is 5.43. The van der Waals surface area contributed by atoms with E-state index in [1.54, 1.807) is 0 Å². The standard InChI is InChI=1S/C13H25N3O/c1-14-11-4-6-12(7-5-11)16-9-3-8-15(2)13(17)10-16/h11-12,14H,3-10H2,1-2H3. The van der Waals surface area contributed by atoms with Gasteiger partial charge in [0.1, 0.15) is 0 Å². The number of carbonyl (C=O) groups excluding carboxylic acids is 1. The van der Waals surface area contributed by atoms with Crippen molar-refractivity contribution < 1.29 is 4.79 Å². The molecule has 1 aliphatic heterocycles. The van der Waals surface area contributed by atoms with Crippen LogP contribution in [0, 0.1) is 0 Å². The normalized spacial score (nSPS) is 32.6. The molecule has 17 heavy (non-hydrogen) atoms. The second kappa shape index (κ2) is 5.83. The van der Waals surface area contributed by atoms with Gasteiger partial charge in [0.25, 0.3) is 0 Å². The summed E-state index contributed by atoms with van der Waals surface area (Å²) in [6.07, 6.45) is 6.10. The molecule has 0 aromatic carbocycles. The van der Waals surface area contributed by atoms with Crippen LogP contribution in [-0.4, -0.2) is 61.5 Å². The van der Waals surface area contributed by atoms with Crippen molar-refractivity contribution in [1.29, 1.82) is 0 Å². The third-order valence-electron chi connectivity index (χ3n) is 4.32. The molecular weight excluding hydrogens is 214 g/mol. The molecule has 0 unspecified atom stereocenters. The maximum atomic E-state index is 11.9. The van der Waals surface area contributed by atoms with Crippen LogP contribution in [0.2, 0.25) is 0 Å². The lowest BCUT2D eigenvalue weighted by molar-refractivity contribution is -0.130. The van der Waals surface area contributed by atoms with Crippen LogP contribution >= 0.6 is 0 Å². The summed E-state index contributed by atoms with van der Waals surface area (Å²) in [6, 6.07) is 1.33. The minimum absolute atomic E-state index is 0.290. The number of likely N-dealkylation sites (N-methyl/N-ethyl adjacent to an activating group) is 1. The summed E-state index contributed by atoms with van der Waals surface area (Å²) in [6.45, 7) is 2.64. The van der Waals surface area contributed by atoms with E-state index in [9.17, 15) is 4.79 Å². The van der Waals surface area contributed by atoms with Crippen LogP contribution < -0.4 is 5.32 Å². The molecule has 0 atom stereocenters. The fourth-order valence-electron chi connectivity index (χ4n) is 3.05. The number of nitrogens with zero attached hydrogens (tertiary/aromatic N) is 2. The first-order valence-corrected chi connectivity index (χ1v) is 6.86. The van der Waals surface area contributed by atoms with Crippen LogP contribution in [0.25, 0.3) is 0 Å². The molecule has 2 rings (SSSR count). The van der Waals surface area contributed by atoms with Gasteiger partial charge in [-0.15, -0.1) is 0 Å². The largest absolute Gasteiger partial charge is 0.345 e. The zero-order valence-electron chi connectivity index (χ0n) is 11.1. The van der Waals surface area contributed by atoms with Crippen LogP contribution in [0.4, 0.5) is 0 Å². The van der Waals surface area contributed by atoms with E-state index in [0.717, 1.165) is 19.5 Å². The fraction of sp³-hybridized carbons (Fsp3) is 0.923. The number of hydrogen-bond donors (Lipinski definition) is 1. The summed E-state index contributed by atoms with van der Waals surface area (Å²) >= 11 is 0. The summed E-state index contributed by atoms with van der Waals surface area (Å²) in [5.74, 6) is 0.290. The lowest BCUT2D eigenvalue weighted by Crippen LogP contribution is -2.44. The molecule has 4 nitrogen and oxygen atoms in total. The molecule has 1 amide bonds. The predicted molar refractivity (Wildman–Crippen MR) is 68.9 cm³/mol. The molecule has 2 aliphatic rings. The van der Waals surface area contributed by atoms with Gasteiger partial charge in [-0.3, -0.25) is 9.69 Å². The number of amides is 1. The molecule has 4 heteroatoms. The van der Waals surface area contributed by atoms with Crippen LogP contribution in [0.5, 0.6) is 0 Å². The van der Waals surface area contributed by atoms with E-state index >= 15 is 0 Å². The number of carbonyl (C=O) groups is 1. The van der Waals surface area contributed by atoms with Crippen LogP contribution in [0.15, 0.2) is 0 Å². The van der Waals surface area contributed by atoms with E-state index in [0.29, 0.717) is 24.5 Å². The summed E-state index contributed by atoms with van der Waals surface area (Å²) < 4.78 is 0. The lowest BCUT2D eigenvalue weighted by Gasteiger charge is -2.35. The summed E-state index contributed by atoms with van der Waals surface area (Å²) in [5.41, 5.74) is 0. The first kappa shape index (κ1) is 12.8. The summed E-state index contributed by atoms with van der Waals surface area (Å²) in [4.78, 5) is 16.1. The Morgan fingerprint density at radius 1 is 1.18 bits per heavy atom. The Kier molecular flexibility index (Phi) is 4.40. The second-order valence-corrected chi connectivity index (χ2v) is 5.43. The maximum Gasteiger partial charge on any atom is 0.236 e. The van der Waals surface area contributed by atoms with E-state index < -0.39 is 0 Å². The van der Waals surface area contributed by atoms with Gasteiger partial charge in [-0.25, -0.2) is 0 Å². The molecule has 1 N–H and O–H groups in total. The van der Waals surface area contributed by atoms with Gasteiger partial charge in [0.2, 0.25) is 5.91 Å². The zero-order valence-corrected chi connectivity index (χ0v) is 11.1. The van der Waals surface area contributed by atoms with Crippen LogP contribution in [0.1, 0.15) is 32.1 Å². The summed E-state index contributed by atoms with van der Waals surface area (Å²) in [7, 11) is 3.97. The van der Waals surface area contributed by atoms with Crippen molar-refractivity contribution in [2.45, 2.75) is 44.2 Å². The van der Waals surface area contributed by atoms with E-state index in [1.807, 2.05) is 11.9 Å². The molecule has 0 aromatic heterocycles. The van der Waals surface area contributed by atoms with E-state index in [4.69, 9.17) is 0 Å². The Labute approximate surface area is 104 Å². The summed E-state index contributed by atoms with van der Waals surface area (Å²) in [5, 5.41) is 3.36. The highest BCUT2D eigenvalue weighted by Crippen LogP contribution is 2.24. The van der Waals surface area contributed by atoms with E-state index in [-0.39, 0.29) is 0 Å². The molecule has 2 fully saturated rings. The monoisotopic (exact) mass is 239 g/mol. The van der Waals surface area contributed by atoms with E-state index in [2.05, 4.69) is 17.3 Å². The van der Waals surface area contributed by atoms with Gasteiger partial charge in [0.05, 0.1) is 6.54 Å². The molecule has 1 saturated heterocycles. The topological polar surface area (TPSA) is 35.6 Å². The van der Waals surface area contributed by atoms with Gasteiger partial charge in [-0.2, -0.15) is 0 Å². The Hall–Kier alpha value is -0.610. The first-order chi connectivity index (χ1) is 8.20. The highest BCUT2D eigenvalue weighted by atomic mass is 16.2. The van der Waals surface area contributed by atoms with Gasteiger partial charge in [0, 0.05) is 32.2 Å². The number of rotatable bonds is 2. The zero-order chi connectivity index (χ0) is 12.3. The quantitative estimate of drug-likeness (QED) is 0.770. The van der Waals surface area contributed by atoms with Crippen molar-refractivity contribution in [3.63, 3.8) is 0 Å². The van der Waals surface area contributed by atoms with Crippen molar-refractivity contribution in [1.82, 2.24) is 15.1 Å². The van der Waals surface area contributed by atoms with Gasteiger partial charge in [-0.05, 0) is 39.2 Å². The number of nitrogens with one attached hydrogen (secondary N) is 1. The smallest absolute Gasteiger partial charge is 0.236 e. The number of hydrogen-bond acceptors (Lipinski definition) is 3. The fourth-order valence-corrected chi connectivity index (χ4v) is 3.05. The Balaban J connectivity index is 1.87. The van der Waals surface area contributed by atoms with Gasteiger partial charge >= 0.3 is 0 Å². The van der Waals surface area contributed by atoms with Crippen LogP contribution in [0.3, 0.4) is 0 Å². The average molecular weight is 239 g/mol. The van der Waals surface area contributed by atoms with Crippen molar-refractivity contribution in [2.75, 3.05) is 33.7 Å². The molecule has 1 aliphatic carbocycles. The Bertz CT molecular complexity index is 261. The van der Waals surface area contributed by atoms with Gasteiger partial charge in [-0.1, -0.05) is 0 Å². The molecule has 0 radical (unpaired) electrons. The molecule has 98 valence electrons. The van der Waals surface area contributed by atoms with Crippen molar-refractivity contribution in [3.8, 4) is 0 Å². The third kappa shape index (κ3) is 3.19. The highest BCUT2D eigenvalue weighted by molar-refractivity contribution is 5.78. The molecule has 1 heterocycles. The Morgan fingerprint density at radius 2 is 1.88 bits per heavy atom. The first-order valence-electron chi connectivity index (χ1n) is 6.86. The van der Waals surface area contributed by atoms with Gasteiger partial charge < -0.3 is 10.2 Å². The van der Waals surface area contributed by atoms with Gasteiger partial charge in [0.15, 0.2) is 0 Å². The molecule has 0 aromatic rings. The minimum Gasteiger partial charge on any atom is -0.345 e. The Morgan fingerprint density at radius 3 is 2.53 bits per heavy atom. The van der Waals surface area contributed by atoms with E-state index in [1.165, 1.54) is 25.7 Å². The molecule has 1 saturated carbocycles. The van der Waals surface area contributed by atoms with Crippen molar-refractivity contribution >= 4 is 5.91 Å². The third-order valence-corrected chi connectivity index (χ3v) is 4.32. The molecule has 0 bridgehead atoms. The van der Waals surface area contributed by atoms with Crippen LogP contribution in [-0.2, 0) is 4.79 Å². The molecular formula is C13H25N3O. The maximum absolute atomic E-state index is 11.9.